The van der Waals surface area contributed by atoms with E-state index in [0.29, 0.717) is 19.6 Å². The number of sulfonamides is 1. The lowest BCUT2D eigenvalue weighted by Crippen LogP contribution is -2.28. The van der Waals surface area contributed by atoms with Crippen LogP contribution in [-0.2, 0) is 10.0 Å². The Kier molecular flexibility index (Phi) is 39.7. The molecule has 0 radical (unpaired) electrons. The summed E-state index contributed by atoms with van der Waals surface area (Å²) in [6.07, 6.45) is 3.00. The van der Waals surface area contributed by atoms with Crippen LogP contribution in [0, 0.1) is 0 Å². The first-order chi connectivity index (χ1) is 11.9. The summed E-state index contributed by atoms with van der Waals surface area (Å²) in [6.45, 7) is 21.4. The first-order valence-corrected chi connectivity index (χ1v) is 10.2. The van der Waals surface area contributed by atoms with E-state index in [-0.39, 0.29) is 0 Å². The molecule has 0 rings (SSSR count). The first-order valence-electron chi connectivity index (χ1n) is 8.32. The Morgan fingerprint density at radius 1 is 0.846 bits per heavy atom. The van der Waals surface area contributed by atoms with Gasteiger partial charge in [-0.15, -0.1) is 0 Å². The van der Waals surface area contributed by atoms with E-state index in [1.54, 1.807) is 4.83 Å². The molecule has 0 fully saturated rings. The van der Waals surface area contributed by atoms with Gasteiger partial charge in [0.2, 0.25) is 10.0 Å². The molecule has 0 aliphatic heterocycles. The number of nitrogens with one attached hydrogen (secondary N) is 1. The van der Waals surface area contributed by atoms with Crippen molar-refractivity contribution in [2.75, 3.05) is 32.4 Å². The normalized spacial score (nSPS) is 8.69. The van der Waals surface area contributed by atoms with Gasteiger partial charge in [0.25, 0.3) is 0 Å². The molecule has 8 nitrogen and oxygen atoms in total. The minimum Gasteiger partial charge on any atom is -0.331 e. The monoisotopic (exact) mass is 396 g/mol. The third-order valence-corrected chi connectivity index (χ3v) is 2.57. The largest absolute Gasteiger partial charge is 0.331 e. The maximum Gasteiger partial charge on any atom is 0.221 e. The summed E-state index contributed by atoms with van der Waals surface area (Å²) in [5, 5.41) is 0. The molecule has 0 aliphatic rings. The zero-order chi connectivity index (χ0) is 22.2. The van der Waals surface area contributed by atoms with Crippen molar-refractivity contribution in [2.45, 2.75) is 40.5 Å². The zero-order valence-corrected chi connectivity index (χ0v) is 18.3. The van der Waals surface area contributed by atoms with E-state index in [1.807, 2.05) is 13.8 Å². The van der Waals surface area contributed by atoms with E-state index in [4.69, 9.17) is 22.9 Å². The molecule has 0 aromatic carbocycles. The van der Waals surface area contributed by atoms with Gasteiger partial charge in [0.15, 0.2) is 0 Å². The molecular weight excluding hydrogens is 352 g/mol. The molecule has 160 valence electrons. The van der Waals surface area contributed by atoms with Crippen LogP contribution in [0.4, 0.5) is 0 Å². The predicted octanol–water partition coefficient (Wildman–Crippen LogP) is 0.718. The molecule has 11 N–H and O–H groups in total. The highest BCUT2D eigenvalue weighted by Gasteiger charge is 1.88. The van der Waals surface area contributed by atoms with Gasteiger partial charge in [0.05, 0.1) is 6.26 Å². The highest BCUT2D eigenvalue weighted by atomic mass is 32.2. The molecule has 0 saturated carbocycles. The van der Waals surface area contributed by atoms with Gasteiger partial charge in [-0.1, -0.05) is 57.2 Å². The van der Waals surface area contributed by atoms with Crippen molar-refractivity contribution >= 4 is 10.0 Å². The van der Waals surface area contributed by atoms with E-state index in [2.05, 4.69) is 39.4 Å². The van der Waals surface area contributed by atoms with Crippen molar-refractivity contribution in [3.63, 3.8) is 0 Å². The lowest BCUT2D eigenvalue weighted by Gasteiger charge is -1.89. The molecule has 0 amide bonds. The third kappa shape index (κ3) is 77.5. The van der Waals surface area contributed by atoms with Gasteiger partial charge in [0.1, 0.15) is 0 Å². The summed E-state index contributed by atoms with van der Waals surface area (Å²) in [6, 6.07) is 0. The molecule has 0 saturated heterocycles. The summed E-state index contributed by atoms with van der Waals surface area (Å²) in [5.74, 6) is 4.47. The zero-order valence-electron chi connectivity index (χ0n) is 17.5. The molecule has 0 atom stereocenters. The van der Waals surface area contributed by atoms with Crippen LogP contribution in [0.3, 0.4) is 0 Å². The highest BCUT2D eigenvalue weighted by Crippen LogP contribution is 1.89. The summed E-state index contributed by atoms with van der Waals surface area (Å²) >= 11 is 0. The Morgan fingerprint density at radius 3 is 1.04 bits per heavy atom. The summed E-state index contributed by atoms with van der Waals surface area (Å²) in [5.41, 5.74) is 23.6. The van der Waals surface area contributed by atoms with Crippen LogP contribution in [0.15, 0.2) is 36.5 Å². The van der Waals surface area contributed by atoms with Crippen LogP contribution in [0.2, 0.25) is 0 Å². The Balaban J connectivity index is -0.0000000719. The predicted molar refractivity (Wildman–Crippen MR) is 118 cm³/mol. The van der Waals surface area contributed by atoms with Gasteiger partial charge in [-0.2, -0.15) is 4.83 Å². The molecule has 0 spiro atoms. The maximum atomic E-state index is 9.76. The fraction of sp³-hybridized carbons (Fsp3) is 0.647. The number of rotatable bonds is 6. The smallest absolute Gasteiger partial charge is 0.221 e. The minimum atomic E-state index is -3.13. The van der Waals surface area contributed by atoms with Crippen LogP contribution in [0.5, 0.6) is 0 Å². The lowest BCUT2D eigenvalue weighted by molar-refractivity contribution is 0.590. The molecule has 0 aliphatic carbocycles. The number of hydrogen-bond donors (Lipinski definition) is 6. The van der Waals surface area contributed by atoms with E-state index < -0.39 is 10.0 Å². The van der Waals surface area contributed by atoms with Gasteiger partial charge in [0, 0.05) is 19.6 Å². The Morgan fingerprint density at radius 2 is 1.04 bits per heavy atom. The van der Waals surface area contributed by atoms with Crippen molar-refractivity contribution in [2.24, 2.45) is 28.8 Å². The van der Waals surface area contributed by atoms with Gasteiger partial charge >= 0.3 is 0 Å². The Hall–Kier alpha value is -1.07. The second-order valence-corrected chi connectivity index (χ2v) is 6.85. The summed E-state index contributed by atoms with van der Waals surface area (Å²) < 4.78 is 19.5. The SMILES string of the molecule is C=C(C)CN.C=C(CC)CN.C=C(CC)CN.CCN.CS(=O)(=O)NN. The third-order valence-electron chi connectivity index (χ3n) is 2.14. The quantitative estimate of drug-likeness (QED) is 0.217. The van der Waals surface area contributed by atoms with Gasteiger partial charge in [-0.05, 0) is 26.3 Å². The molecule has 26 heavy (non-hydrogen) atoms. The maximum absolute atomic E-state index is 9.76. The van der Waals surface area contributed by atoms with Gasteiger partial charge in [-0.3, -0.25) is 5.84 Å². The summed E-state index contributed by atoms with van der Waals surface area (Å²) in [7, 11) is -3.13. The van der Waals surface area contributed by atoms with Crippen molar-refractivity contribution in [1.82, 2.24) is 4.83 Å². The second kappa shape index (κ2) is 28.7. The number of hydrazine groups is 1. The van der Waals surface area contributed by atoms with Crippen LogP contribution in [0.25, 0.3) is 0 Å². The highest BCUT2D eigenvalue weighted by molar-refractivity contribution is 7.88. The van der Waals surface area contributed by atoms with Crippen molar-refractivity contribution in [3.8, 4) is 0 Å². The van der Waals surface area contributed by atoms with Gasteiger partial charge in [-0.25, -0.2) is 8.42 Å². The molecule has 0 aromatic rings. The topological polar surface area (TPSA) is 176 Å². The first kappa shape index (κ1) is 35.9. The van der Waals surface area contributed by atoms with Crippen molar-refractivity contribution in [1.29, 1.82) is 0 Å². The van der Waals surface area contributed by atoms with Crippen molar-refractivity contribution < 1.29 is 8.42 Å². The van der Waals surface area contributed by atoms with Crippen LogP contribution < -0.4 is 33.6 Å². The van der Waals surface area contributed by atoms with Crippen LogP contribution >= 0.6 is 0 Å². The summed E-state index contributed by atoms with van der Waals surface area (Å²) in [4.78, 5) is 1.58. The Bertz CT molecular complexity index is 395. The molecular formula is C17H44N6O2S. The van der Waals surface area contributed by atoms with Crippen molar-refractivity contribution in [3.05, 3.63) is 36.5 Å². The number of nitrogens with two attached hydrogens (primary N) is 5. The lowest BCUT2D eigenvalue weighted by atomic mass is 10.2. The molecule has 0 aromatic heterocycles. The Labute approximate surface area is 162 Å². The minimum absolute atomic E-state index is 0.611. The average Bonchev–Trinajstić information content (AvgIpc) is 2.61. The van der Waals surface area contributed by atoms with Gasteiger partial charge < -0.3 is 22.9 Å². The van der Waals surface area contributed by atoms with Crippen LogP contribution in [0.1, 0.15) is 40.5 Å². The van der Waals surface area contributed by atoms with E-state index in [1.165, 1.54) is 0 Å². The fourth-order valence-electron chi connectivity index (χ4n) is 0.289. The van der Waals surface area contributed by atoms with E-state index in [9.17, 15) is 8.42 Å². The second-order valence-electron chi connectivity index (χ2n) is 5.07. The molecule has 0 heterocycles. The molecule has 0 bridgehead atoms. The fourth-order valence-corrected chi connectivity index (χ4v) is 0.289. The number of hydrogen-bond acceptors (Lipinski definition) is 7. The standard InChI is InChI=1S/2C5H11N.C4H9N.C2H7N.CH6N2O2S/c2*1-3-5(2)4-6;1-4(2)3-5;1-2-3;1-6(4,5)3-2/h2*2-4,6H2,1H3;1,3,5H2,2H3;2-3H2,1H3;3H,2H2,1H3. The molecule has 9 heteroatoms. The van der Waals surface area contributed by atoms with E-state index in [0.717, 1.165) is 42.4 Å². The van der Waals surface area contributed by atoms with Crippen LogP contribution in [-0.4, -0.2) is 40.9 Å². The average molecular weight is 397 g/mol. The molecule has 0 unspecified atom stereocenters. The van der Waals surface area contributed by atoms with E-state index >= 15 is 0 Å².